The number of carbonyl (C=O) groups is 1. The summed E-state index contributed by atoms with van der Waals surface area (Å²) in [6, 6.07) is 4.36. The molecule has 202 valence electrons. The number of nitrogens with zero attached hydrogens (tertiary/aromatic N) is 3. The summed E-state index contributed by atoms with van der Waals surface area (Å²) in [6.07, 6.45) is -4.92. The van der Waals surface area contributed by atoms with E-state index in [1.165, 1.54) is 11.3 Å². The molecule has 37 heavy (non-hydrogen) atoms. The highest BCUT2D eigenvalue weighted by molar-refractivity contribution is 5.71. The number of benzene rings is 1. The van der Waals surface area contributed by atoms with Crippen LogP contribution in [-0.4, -0.2) is 34.6 Å². The van der Waals surface area contributed by atoms with Crippen LogP contribution in [0.2, 0.25) is 0 Å². The number of amides is 1. The second kappa shape index (κ2) is 10.4. The number of rotatable bonds is 6. The molecule has 1 aliphatic heterocycles. The van der Waals surface area contributed by atoms with Crippen molar-refractivity contribution in [3.63, 3.8) is 0 Å². The molecule has 1 amide bonds. The van der Waals surface area contributed by atoms with Crippen LogP contribution in [0.5, 0.6) is 0 Å². The summed E-state index contributed by atoms with van der Waals surface area (Å²) in [7, 11) is 0. The summed E-state index contributed by atoms with van der Waals surface area (Å²) in [4.78, 5) is 20.9. The van der Waals surface area contributed by atoms with E-state index in [9.17, 15) is 31.1 Å². The first-order valence-electron chi connectivity index (χ1n) is 12.4. The van der Waals surface area contributed by atoms with E-state index < -0.39 is 41.7 Å². The van der Waals surface area contributed by atoms with Crippen LogP contribution in [0.15, 0.2) is 36.5 Å². The van der Waals surface area contributed by atoms with E-state index >= 15 is 0 Å². The fraction of sp³-hybridized carbons (Fsp3) is 0.538. The molecule has 0 radical (unpaired) electrons. The summed E-state index contributed by atoms with van der Waals surface area (Å²) in [5.74, 6) is 0.721. The molecule has 0 spiro atoms. The van der Waals surface area contributed by atoms with Crippen molar-refractivity contribution in [3.05, 3.63) is 58.8 Å². The fourth-order valence-electron chi connectivity index (χ4n) is 5.27. The Balaban J connectivity index is 1.63. The van der Waals surface area contributed by atoms with Gasteiger partial charge < -0.3 is 9.64 Å². The number of pyridine rings is 1. The van der Waals surface area contributed by atoms with Gasteiger partial charge in [-0.2, -0.15) is 26.3 Å². The monoisotopic (exact) mass is 529 g/mol. The number of hydrogen-bond donors (Lipinski definition) is 0. The van der Waals surface area contributed by atoms with Crippen molar-refractivity contribution in [2.75, 3.05) is 11.4 Å². The zero-order valence-electron chi connectivity index (χ0n) is 20.6. The largest absolute Gasteiger partial charge is 0.439 e. The molecule has 0 bridgehead atoms. The number of hydrogen-bond acceptors (Lipinski definition) is 4. The second-order valence-corrected chi connectivity index (χ2v) is 9.58. The van der Waals surface area contributed by atoms with Gasteiger partial charge in [0.15, 0.2) is 0 Å². The van der Waals surface area contributed by atoms with Crippen molar-refractivity contribution in [2.24, 2.45) is 0 Å². The lowest BCUT2D eigenvalue weighted by molar-refractivity contribution is -0.143. The maximum Gasteiger partial charge on any atom is 0.416 e. The molecule has 11 heteroatoms. The predicted octanol–water partition coefficient (Wildman–Crippen LogP) is 7.36. The van der Waals surface area contributed by atoms with E-state index in [0.717, 1.165) is 37.1 Å². The molecule has 2 aliphatic rings. The molecule has 0 N–H and O–H groups in total. The molecule has 2 aromatic rings. The molecule has 2 fully saturated rings. The normalized spacial score (nSPS) is 21.3. The van der Waals surface area contributed by atoms with Crippen LogP contribution in [0.25, 0.3) is 0 Å². The maximum atomic E-state index is 13.4. The van der Waals surface area contributed by atoms with E-state index in [1.54, 1.807) is 19.2 Å². The van der Waals surface area contributed by atoms with E-state index in [2.05, 4.69) is 9.88 Å². The van der Waals surface area contributed by atoms with Crippen LogP contribution in [0, 0.1) is 0 Å². The number of cyclic esters (lactones) is 1. The zero-order chi connectivity index (χ0) is 27.0. The van der Waals surface area contributed by atoms with Gasteiger partial charge in [0, 0.05) is 24.3 Å². The minimum atomic E-state index is -4.99. The number of carbonyl (C=O) groups excluding carboxylic acids is 1. The molecule has 2 heterocycles. The topological polar surface area (TPSA) is 45.7 Å². The SMILES string of the molecule is CCN(c1ncccc1CN1C(=O)O[C@H](c2cc(C(F)(F)F)cc(C(F)(F)F)c2)[C@@H]1C)C1CCCCC1. The fourth-order valence-corrected chi connectivity index (χ4v) is 5.27. The van der Waals surface area contributed by atoms with Crippen molar-refractivity contribution in [2.45, 2.75) is 83.0 Å². The molecular weight excluding hydrogens is 500 g/mol. The Kier molecular flexibility index (Phi) is 7.62. The zero-order valence-corrected chi connectivity index (χ0v) is 20.6. The molecule has 1 saturated heterocycles. The van der Waals surface area contributed by atoms with Crippen molar-refractivity contribution in [1.29, 1.82) is 0 Å². The van der Waals surface area contributed by atoms with Gasteiger partial charge >= 0.3 is 18.4 Å². The van der Waals surface area contributed by atoms with E-state index in [0.29, 0.717) is 24.7 Å². The van der Waals surface area contributed by atoms with E-state index in [1.807, 2.05) is 13.0 Å². The lowest BCUT2D eigenvalue weighted by Gasteiger charge is -2.36. The van der Waals surface area contributed by atoms with Crippen LogP contribution in [0.1, 0.15) is 74.3 Å². The van der Waals surface area contributed by atoms with Gasteiger partial charge in [0.2, 0.25) is 0 Å². The quantitative estimate of drug-likeness (QED) is 0.367. The Hall–Kier alpha value is -2.98. The summed E-state index contributed by atoms with van der Waals surface area (Å²) in [5.41, 5.74) is -2.51. The van der Waals surface area contributed by atoms with Gasteiger partial charge in [-0.3, -0.25) is 4.90 Å². The van der Waals surface area contributed by atoms with Crippen molar-refractivity contribution in [3.8, 4) is 0 Å². The molecule has 4 rings (SSSR count). The Bertz CT molecular complexity index is 1080. The third-order valence-corrected chi connectivity index (χ3v) is 7.17. The average molecular weight is 530 g/mol. The number of anilines is 1. The Morgan fingerprint density at radius 1 is 1.03 bits per heavy atom. The third-order valence-electron chi connectivity index (χ3n) is 7.17. The molecule has 1 aliphatic carbocycles. The standard InChI is InChI=1S/C26H29F6N3O2/c1-3-34(21-9-5-4-6-10-21)23-17(8-7-11-33-23)15-35-16(2)22(37-24(35)36)18-12-19(25(27,28)29)14-20(13-18)26(30,31)32/h7-8,11-14,16,21-22H,3-6,9-10,15H2,1-2H3/t16-,22-/m0/s1. The van der Waals surface area contributed by atoms with Gasteiger partial charge in [-0.1, -0.05) is 25.3 Å². The number of alkyl halides is 6. The average Bonchev–Trinajstić information content (AvgIpc) is 3.13. The highest BCUT2D eigenvalue weighted by Gasteiger charge is 2.43. The lowest BCUT2D eigenvalue weighted by atomic mass is 9.94. The van der Waals surface area contributed by atoms with Crippen LogP contribution < -0.4 is 4.90 Å². The van der Waals surface area contributed by atoms with Crippen LogP contribution in [0.3, 0.4) is 0 Å². The molecule has 5 nitrogen and oxygen atoms in total. The molecule has 0 unspecified atom stereocenters. The number of ether oxygens (including phenoxy) is 1. The van der Waals surface area contributed by atoms with E-state index in [-0.39, 0.29) is 18.2 Å². The Labute approximate surface area is 211 Å². The van der Waals surface area contributed by atoms with Gasteiger partial charge in [0.1, 0.15) is 11.9 Å². The Morgan fingerprint density at radius 3 is 2.22 bits per heavy atom. The Morgan fingerprint density at radius 2 is 1.65 bits per heavy atom. The number of halogens is 6. The van der Waals surface area contributed by atoms with Crippen LogP contribution in [0.4, 0.5) is 37.0 Å². The van der Waals surface area contributed by atoms with Crippen LogP contribution in [-0.2, 0) is 23.6 Å². The summed E-state index contributed by atoms with van der Waals surface area (Å²) in [5, 5.41) is 0. The van der Waals surface area contributed by atoms with Crippen LogP contribution >= 0.6 is 0 Å². The minimum Gasteiger partial charge on any atom is -0.439 e. The van der Waals surface area contributed by atoms with Crippen molar-refractivity contribution in [1.82, 2.24) is 9.88 Å². The van der Waals surface area contributed by atoms with Gasteiger partial charge in [0.05, 0.1) is 23.7 Å². The number of aromatic nitrogens is 1. The summed E-state index contributed by atoms with van der Waals surface area (Å²) in [6.45, 7) is 4.36. The van der Waals surface area contributed by atoms with E-state index in [4.69, 9.17) is 4.74 Å². The summed E-state index contributed by atoms with van der Waals surface area (Å²) >= 11 is 0. The predicted molar refractivity (Wildman–Crippen MR) is 125 cm³/mol. The van der Waals surface area contributed by atoms with Gasteiger partial charge in [0.25, 0.3) is 0 Å². The van der Waals surface area contributed by atoms with Gasteiger partial charge in [-0.25, -0.2) is 9.78 Å². The second-order valence-electron chi connectivity index (χ2n) is 9.58. The first-order chi connectivity index (χ1) is 17.4. The minimum absolute atomic E-state index is 0.0635. The highest BCUT2D eigenvalue weighted by atomic mass is 19.4. The van der Waals surface area contributed by atoms with Crippen molar-refractivity contribution >= 4 is 11.9 Å². The van der Waals surface area contributed by atoms with Gasteiger partial charge in [-0.05, 0) is 56.5 Å². The molecule has 1 saturated carbocycles. The molecule has 2 atom stereocenters. The van der Waals surface area contributed by atoms with Gasteiger partial charge in [-0.15, -0.1) is 0 Å². The lowest BCUT2D eigenvalue weighted by Crippen LogP contribution is -2.39. The highest BCUT2D eigenvalue weighted by Crippen LogP contribution is 2.41. The van der Waals surface area contributed by atoms with Crippen molar-refractivity contribution < 1.29 is 35.9 Å². The first-order valence-corrected chi connectivity index (χ1v) is 12.4. The maximum absolute atomic E-state index is 13.4. The molecule has 1 aromatic heterocycles. The summed E-state index contributed by atoms with van der Waals surface area (Å²) < 4.78 is 85.6. The first kappa shape index (κ1) is 27.1. The smallest absolute Gasteiger partial charge is 0.416 e. The third kappa shape index (κ3) is 5.80. The molecule has 1 aromatic carbocycles. The molecular formula is C26H29F6N3O2.